The number of ether oxygens (including phenoxy) is 2. The van der Waals surface area contributed by atoms with Gasteiger partial charge in [0.15, 0.2) is 0 Å². The second-order valence-electron chi connectivity index (χ2n) is 6.71. The highest BCUT2D eigenvalue weighted by molar-refractivity contribution is 5.92. The SMILES string of the molecule is CCn1cc(NC(=O)Cc2ccc(Oc3ccnc4ccccc34)cc2OC)cn1. The van der Waals surface area contributed by atoms with Gasteiger partial charge in [0.1, 0.15) is 17.2 Å². The number of amides is 1. The summed E-state index contributed by atoms with van der Waals surface area (Å²) >= 11 is 0. The molecule has 0 unspecified atom stereocenters. The Morgan fingerprint density at radius 1 is 1.13 bits per heavy atom. The summed E-state index contributed by atoms with van der Waals surface area (Å²) in [5.41, 5.74) is 2.30. The fourth-order valence-electron chi connectivity index (χ4n) is 3.20. The fourth-order valence-corrected chi connectivity index (χ4v) is 3.20. The Morgan fingerprint density at radius 2 is 2.00 bits per heavy atom. The first-order valence-electron chi connectivity index (χ1n) is 9.67. The van der Waals surface area contributed by atoms with Crippen molar-refractivity contribution in [2.45, 2.75) is 19.9 Å². The highest BCUT2D eigenvalue weighted by Crippen LogP contribution is 2.32. The van der Waals surface area contributed by atoms with Gasteiger partial charge in [0, 0.05) is 36.0 Å². The number of carbonyl (C=O) groups excluding carboxylic acids is 1. The Bertz CT molecular complexity index is 1180. The first-order chi connectivity index (χ1) is 14.7. The van der Waals surface area contributed by atoms with Gasteiger partial charge in [0.2, 0.25) is 5.91 Å². The van der Waals surface area contributed by atoms with Crippen molar-refractivity contribution in [1.82, 2.24) is 14.8 Å². The number of methoxy groups -OCH3 is 1. The van der Waals surface area contributed by atoms with Crippen LogP contribution in [0.2, 0.25) is 0 Å². The Kier molecular flexibility index (Phi) is 5.61. The van der Waals surface area contributed by atoms with Crippen molar-refractivity contribution >= 4 is 22.5 Å². The fraction of sp³-hybridized carbons (Fsp3) is 0.174. The van der Waals surface area contributed by atoms with Gasteiger partial charge in [0.05, 0.1) is 30.9 Å². The van der Waals surface area contributed by atoms with Crippen molar-refractivity contribution in [2.24, 2.45) is 0 Å². The van der Waals surface area contributed by atoms with Crippen LogP contribution >= 0.6 is 0 Å². The Hall–Kier alpha value is -3.87. The summed E-state index contributed by atoms with van der Waals surface area (Å²) in [6.45, 7) is 2.74. The van der Waals surface area contributed by atoms with Crippen molar-refractivity contribution in [3.8, 4) is 17.2 Å². The molecule has 2 aromatic carbocycles. The van der Waals surface area contributed by atoms with Crippen LogP contribution in [0.15, 0.2) is 67.1 Å². The van der Waals surface area contributed by atoms with Gasteiger partial charge in [-0.05, 0) is 31.2 Å². The van der Waals surface area contributed by atoms with E-state index in [-0.39, 0.29) is 12.3 Å². The van der Waals surface area contributed by atoms with E-state index in [0.29, 0.717) is 22.9 Å². The number of rotatable bonds is 7. The van der Waals surface area contributed by atoms with Crippen molar-refractivity contribution in [1.29, 1.82) is 0 Å². The largest absolute Gasteiger partial charge is 0.496 e. The zero-order valence-corrected chi connectivity index (χ0v) is 16.8. The number of nitrogens with one attached hydrogen (secondary N) is 1. The molecule has 1 N–H and O–H groups in total. The average molecular weight is 402 g/mol. The number of anilines is 1. The highest BCUT2D eigenvalue weighted by Gasteiger charge is 2.12. The van der Waals surface area contributed by atoms with E-state index in [9.17, 15) is 4.79 Å². The summed E-state index contributed by atoms with van der Waals surface area (Å²) in [4.78, 5) is 16.8. The van der Waals surface area contributed by atoms with Gasteiger partial charge in [-0.15, -0.1) is 0 Å². The zero-order chi connectivity index (χ0) is 20.9. The number of fused-ring (bicyclic) bond motifs is 1. The quantitative estimate of drug-likeness (QED) is 0.495. The van der Waals surface area contributed by atoms with E-state index in [1.165, 1.54) is 0 Å². The second-order valence-corrected chi connectivity index (χ2v) is 6.71. The molecule has 0 atom stereocenters. The molecule has 4 aromatic rings. The number of hydrogen-bond acceptors (Lipinski definition) is 5. The number of benzene rings is 2. The molecule has 0 bridgehead atoms. The molecule has 30 heavy (non-hydrogen) atoms. The molecule has 7 heteroatoms. The molecule has 0 aliphatic carbocycles. The van der Waals surface area contributed by atoms with Gasteiger partial charge in [-0.1, -0.05) is 18.2 Å². The van der Waals surface area contributed by atoms with Crippen molar-refractivity contribution in [3.05, 3.63) is 72.7 Å². The summed E-state index contributed by atoms with van der Waals surface area (Å²) in [6.07, 6.45) is 5.33. The molecule has 0 aliphatic rings. The summed E-state index contributed by atoms with van der Waals surface area (Å²) in [7, 11) is 1.58. The van der Waals surface area contributed by atoms with Crippen LogP contribution in [0.5, 0.6) is 17.2 Å². The molecule has 152 valence electrons. The molecule has 0 fully saturated rings. The third-order valence-electron chi connectivity index (χ3n) is 4.69. The van der Waals surface area contributed by atoms with Crippen LogP contribution in [0.1, 0.15) is 12.5 Å². The molecule has 7 nitrogen and oxygen atoms in total. The van der Waals surface area contributed by atoms with E-state index in [1.54, 1.807) is 36.4 Å². The molecule has 0 saturated carbocycles. The lowest BCUT2D eigenvalue weighted by molar-refractivity contribution is -0.115. The second kappa shape index (κ2) is 8.65. The molecule has 1 amide bonds. The lowest BCUT2D eigenvalue weighted by Gasteiger charge is -2.12. The van der Waals surface area contributed by atoms with Gasteiger partial charge >= 0.3 is 0 Å². The lowest BCUT2D eigenvalue weighted by Crippen LogP contribution is -2.14. The monoisotopic (exact) mass is 402 g/mol. The van der Waals surface area contributed by atoms with E-state index in [1.807, 2.05) is 49.4 Å². The van der Waals surface area contributed by atoms with Crippen LogP contribution in [-0.2, 0) is 17.8 Å². The minimum Gasteiger partial charge on any atom is -0.496 e. The van der Waals surface area contributed by atoms with Gasteiger partial charge in [0.25, 0.3) is 0 Å². The number of carbonyl (C=O) groups is 1. The molecule has 0 saturated heterocycles. The number of aryl methyl sites for hydroxylation is 1. The third kappa shape index (κ3) is 4.25. The van der Waals surface area contributed by atoms with Crippen LogP contribution in [0, 0.1) is 0 Å². The Labute approximate surface area is 174 Å². The molecule has 4 rings (SSSR count). The molecule has 0 aliphatic heterocycles. The normalized spacial score (nSPS) is 10.7. The predicted molar refractivity (Wildman–Crippen MR) is 115 cm³/mol. The predicted octanol–water partition coefficient (Wildman–Crippen LogP) is 4.43. The van der Waals surface area contributed by atoms with E-state index in [0.717, 1.165) is 23.0 Å². The van der Waals surface area contributed by atoms with Crippen LogP contribution in [-0.4, -0.2) is 27.8 Å². The Balaban J connectivity index is 1.50. The number of pyridine rings is 1. The smallest absolute Gasteiger partial charge is 0.229 e. The lowest BCUT2D eigenvalue weighted by atomic mass is 10.1. The molecule has 2 heterocycles. The average Bonchev–Trinajstić information content (AvgIpc) is 3.22. The molecule has 2 aromatic heterocycles. The summed E-state index contributed by atoms with van der Waals surface area (Å²) < 4.78 is 13.3. The molecular weight excluding hydrogens is 380 g/mol. The minimum absolute atomic E-state index is 0.141. The molecule has 0 radical (unpaired) electrons. The number of para-hydroxylation sites is 1. The zero-order valence-electron chi connectivity index (χ0n) is 16.8. The van der Waals surface area contributed by atoms with Gasteiger partial charge < -0.3 is 14.8 Å². The van der Waals surface area contributed by atoms with Gasteiger partial charge in [-0.25, -0.2) is 0 Å². The standard InChI is InChI=1S/C23H22N4O3/c1-3-27-15-17(14-25-27)26-23(28)12-16-8-9-18(13-22(16)29-2)30-21-10-11-24-20-7-5-4-6-19(20)21/h4-11,13-15H,3,12H2,1-2H3,(H,26,28). The number of hydrogen-bond donors (Lipinski definition) is 1. The summed E-state index contributed by atoms with van der Waals surface area (Å²) in [5, 5.41) is 7.94. The first-order valence-corrected chi connectivity index (χ1v) is 9.67. The van der Waals surface area contributed by atoms with E-state index < -0.39 is 0 Å². The van der Waals surface area contributed by atoms with E-state index >= 15 is 0 Å². The van der Waals surface area contributed by atoms with E-state index in [2.05, 4.69) is 15.4 Å². The van der Waals surface area contributed by atoms with Gasteiger partial charge in [-0.3, -0.25) is 14.5 Å². The topological polar surface area (TPSA) is 78.3 Å². The van der Waals surface area contributed by atoms with Crippen LogP contribution in [0.3, 0.4) is 0 Å². The van der Waals surface area contributed by atoms with Crippen molar-refractivity contribution < 1.29 is 14.3 Å². The summed E-state index contributed by atoms with van der Waals surface area (Å²) in [5.74, 6) is 1.78. The van der Waals surface area contributed by atoms with Crippen molar-refractivity contribution in [2.75, 3.05) is 12.4 Å². The van der Waals surface area contributed by atoms with Crippen LogP contribution in [0.25, 0.3) is 10.9 Å². The highest BCUT2D eigenvalue weighted by atomic mass is 16.5. The summed E-state index contributed by atoms with van der Waals surface area (Å²) in [6, 6.07) is 15.1. The number of nitrogens with zero attached hydrogens (tertiary/aromatic N) is 3. The van der Waals surface area contributed by atoms with E-state index in [4.69, 9.17) is 9.47 Å². The van der Waals surface area contributed by atoms with Gasteiger partial charge in [-0.2, -0.15) is 5.10 Å². The number of aromatic nitrogens is 3. The maximum absolute atomic E-state index is 12.4. The molecular formula is C23H22N4O3. The maximum Gasteiger partial charge on any atom is 0.229 e. The third-order valence-corrected chi connectivity index (χ3v) is 4.69. The van der Waals surface area contributed by atoms with Crippen molar-refractivity contribution in [3.63, 3.8) is 0 Å². The first kappa shape index (κ1) is 19.4. The maximum atomic E-state index is 12.4. The minimum atomic E-state index is -0.141. The van der Waals surface area contributed by atoms with Crippen LogP contribution in [0.4, 0.5) is 5.69 Å². The van der Waals surface area contributed by atoms with Crippen LogP contribution < -0.4 is 14.8 Å². The molecule has 0 spiro atoms. The Morgan fingerprint density at radius 3 is 2.80 bits per heavy atom.